The van der Waals surface area contributed by atoms with Gasteiger partial charge in [0.05, 0.1) is 0 Å². The van der Waals surface area contributed by atoms with Crippen LogP contribution in [0.3, 0.4) is 0 Å². The summed E-state index contributed by atoms with van der Waals surface area (Å²) in [7, 11) is 3.60. The number of likely N-dealkylation sites (tertiary alicyclic amines) is 1. The predicted octanol–water partition coefficient (Wildman–Crippen LogP) is 2.60. The summed E-state index contributed by atoms with van der Waals surface area (Å²) in [6, 6.07) is 10.0. The van der Waals surface area contributed by atoms with E-state index < -0.39 is 6.04 Å². The topological polar surface area (TPSA) is 48.5 Å². The molecule has 1 atom stereocenters. The monoisotopic (exact) mass is 370 g/mol. The Morgan fingerprint density at radius 3 is 2.52 bits per heavy atom. The third-order valence-corrected chi connectivity index (χ3v) is 5.05. The minimum atomic E-state index is -0.624. The molecule has 0 spiro atoms. The fourth-order valence-corrected chi connectivity index (χ4v) is 3.61. The Labute approximate surface area is 160 Å². The zero-order valence-electron chi connectivity index (χ0n) is 15.9. The maximum absolute atomic E-state index is 14.2. The first-order valence-corrected chi connectivity index (χ1v) is 9.37. The van der Waals surface area contributed by atoms with E-state index in [4.69, 9.17) is 0 Å². The first-order valence-electron chi connectivity index (χ1n) is 9.37. The first kappa shape index (κ1) is 19.5. The number of hydrogen-bond acceptors (Lipinski definition) is 4. The summed E-state index contributed by atoms with van der Waals surface area (Å²) >= 11 is 0. The average molecular weight is 370 g/mol. The van der Waals surface area contributed by atoms with Gasteiger partial charge in [-0.1, -0.05) is 18.2 Å². The molecule has 0 unspecified atom stereocenters. The van der Waals surface area contributed by atoms with Gasteiger partial charge in [0.2, 0.25) is 5.91 Å². The smallest absolute Gasteiger partial charge is 0.242 e. The van der Waals surface area contributed by atoms with E-state index in [1.54, 1.807) is 37.2 Å². The van der Waals surface area contributed by atoms with Gasteiger partial charge in [-0.15, -0.1) is 0 Å². The van der Waals surface area contributed by atoms with Crippen molar-refractivity contribution in [1.29, 1.82) is 0 Å². The first-order chi connectivity index (χ1) is 13.0. The lowest BCUT2D eigenvalue weighted by atomic mass is 10.0. The average Bonchev–Trinajstić information content (AvgIpc) is 2.66. The van der Waals surface area contributed by atoms with Gasteiger partial charge in [0, 0.05) is 43.6 Å². The molecule has 1 aromatic heterocycles. The third kappa shape index (κ3) is 5.11. The van der Waals surface area contributed by atoms with E-state index in [0.717, 1.165) is 32.5 Å². The lowest BCUT2D eigenvalue weighted by molar-refractivity contribution is -0.127. The van der Waals surface area contributed by atoms with Gasteiger partial charge in [-0.25, -0.2) is 4.39 Å². The van der Waals surface area contributed by atoms with Gasteiger partial charge in [0.15, 0.2) is 0 Å². The number of piperidine rings is 1. The number of pyridine rings is 1. The number of likely N-dealkylation sites (N-methyl/N-ethyl adjacent to an activating group) is 1. The van der Waals surface area contributed by atoms with Crippen molar-refractivity contribution in [2.24, 2.45) is 0 Å². The lowest BCUT2D eigenvalue weighted by Gasteiger charge is -2.34. The molecule has 1 saturated heterocycles. The highest BCUT2D eigenvalue weighted by Crippen LogP contribution is 2.22. The Kier molecular flexibility index (Phi) is 6.53. The molecule has 0 radical (unpaired) electrons. The number of hydrogen-bond donors (Lipinski definition) is 1. The van der Waals surface area contributed by atoms with Crippen molar-refractivity contribution in [2.75, 3.05) is 27.2 Å². The maximum atomic E-state index is 14.2. The number of benzene rings is 1. The Hall–Kier alpha value is -2.31. The number of nitrogens with one attached hydrogen (secondary N) is 1. The van der Waals surface area contributed by atoms with E-state index in [0.29, 0.717) is 5.56 Å². The van der Waals surface area contributed by atoms with E-state index in [1.807, 2.05) is 24.5 Å². The standard InChI is InChI=1S/C21H27FN4O/c1-25(2)20(18-5-3-4-6-19(18)22)21(27)24-17-9-13-26(14-10-17)15-16-7-11-23-12-8-16/h3-8,11-12,17,20H,9-10,13-15H2,1-2H3,(H,24,27)/t20-/m0/s1. The molecule has 1 amide bonds. The highest BCUT2D eigenvalue weighted by molar-refractivity contribution is 5.83. The molecule has 6 heteroatoms. The molecule has 2 heterocycles. The maximum Gasteiger partial charge on any atom is 0.242 e. The third-order valence-electron chi connectivity index (χ3n) is 5.05. The normalized spacial score (nSPS) is 17.0. The quantitative estimate of drug-likeness (QED) is 0.849. The Balaban J connectivity index is 1.56. The van der Waals surface area contributed by atoms with Gasteiger partial charge < -0.3 is 5.32 Å². The van der Waals surface area contributed by atoms with Crippen molar-refractivity contribution in [2.45, 2.75) is 31.5 Å². The van der Waals surface area contributed by atoms with Gasteiger partial charge in [0.25, 0.3) is 0 Å². The van der Waals surface area contributed by atoms with E-state index >= 15 is 0 Å². The fourth-order valence-electron chi connectivity index (χ4n) is 3.61. The van der Waals surface area contributed by atoms with Gasteiger partial charge >= 0.3 is 0 Å². The molecule has 0 bridgehead atoms. The Morgan fingerprint density at radius 2 is 1.89 bits per heavy atom. The van der Waals surface area contributed by atoms with Crippen LogP contribution in [0, 0.1) is 5.82 Å². The minimum absolute atomic E-state index is 0.125. The molecule has 144 valence electrons. The van der Waals surface area contributed by atoms with Crippen LogP contribution in [-0.4, -0.2) is 53.9 Å². The van der Waals surface area contributed by atoms with Crippen LogP contribution in [-0.2, 0) is 11.3 Å². The summed E-state index contributed by atoms with van der Waals surface area (Å²) in [5.74, 6) is -0.490. The Bertz CT molecular complexity index is 745. The summed E-state index contributed by atoms with van der Waals surface area (Å²) in [5, 5.41) is 3.13. The highest BCUT2D eigenvalue weighted by Gasteiger charge is 2.28. The Morgan fingerprint density at radius 1 is 1.22 bits per heavy atom. The van der Waals surface area contributed by atoms with Crippen molar-refractivity contribution < 1.29 is 9.18 Å². The van der Waals surface area contributed by atoms with Crippen LogP contribution in [0.15, 0.2) is 48.8 Å². The molecule has 1 aromatic carbocycles. The summed E-state index contributed by atoms with van der Waals surface area (Å²) in [6.45, 7) is 2.76. The van der Waals surface area contributed by atoms with E-state index in [-0.39, 0.29) is 17.8 Å². The van der Waals surface area contributed by atoms with Gasteiger partial charge in [-0.05, 0) is 50.7 Å². The fraction of sp³-hybridized carbons (Fsp3) is 0.429. The minimum Gasteiger partial charge on any atom is -0.352 e. The molecule has 2 aromatic rings. The second-order valence-corrected chi connectivity index (χ2v) is 7.30. The summed E-state index contributed by atoms with van der Waals surface area (Å²) in [5.41, 5.74) is 1.66. The number of carbonyl (C=O) groups is 1. The number of carbonyl (C=O) groups excluding carboxylic acids is 1. The molecular weight excluding hydrogens is 343 g/mol. The van der Waals surface area contributed by atoms with Gasteiger partial charge in [-0.2, -0.15) is 0 Å². The molecular formula is C21H27FN4O. The van der Waals surface area contributed by atoms with E-state index in [2.05, 4.69) is 15.2 Å². The molecule has 1 fully saturated rings. The van der Waals surface area contributed by atoms with E-state index in [9.17, 15) is 9.18 Å². The van der Waals surface area contributed by atoms with Crippen LogP contribution in [0.5, 0.6) is 0 Å². The van der Waals surface area contributed by atoms with Crippen molar-refractivity contribution >= 4 is 5.91 Å². The van der Waals surface area contributed by atoms with Crippen LogP contribution >= 0.6 is 0 Å². The lowest BCUT2D eigenvalue weighted by Crippen LogP contribution is -2.47. The summed E-state index contributed by atoms with van der Waals surface area (Å²) in [4.78, 5) is 21.0. The molecule has 5 nitrogen and oxygen atoms in total. The van der Waals surface area contributed by atoms with Crippen LogP contribution in [0.25, 0.3) is 0 Å². The second-order valence-electron chi connectivity index (χ2n) is 7.30. The number of nitrogens with zero attached hydrogens (tertiary/aromatic N) is 3. The van der Waals surface area contributed by atoms with Crippen molar-refractivity contribution in [1.82, 2.24) is 20.1 Å². The molecule has 1 aliphatic heterocycles. The van der Waals surface area contributed by atoms with Crippen LogP contribution in [0.1, 0.15) is 30.0 Å². The van der Waals surface area contributed by atoms with E-state index in [1.165, 1.54) is 11.6 Å². The molecule has 0 saturated carbocycles. The molecule has 27 heavy (non-hydrogen) atoms. The molecule has 0 aliphatic carbocycles. The number of rotatable bonds is 6. The number of amides is 1. The molecule has 3 rings (SSSR count). The molecule has 1 aliphatic rings. The molecule has 1 N–H and O–H groups in total. The van der Waals surface area contributed by atoms with Crippen LogP contribution < -0.4 is 5.32 Å². The van der Waals surface area contributed by atoms with Crippen molar-refractivity contribution in [3.63, 3.8) is 0 Å². The highest BCUT2D eigenvalue weighted by atomic mass is 19.1. The van der Waals surface area contributed by atoms with Crippen LogP contribution in [0.2, 0.25) is 0 Å². The van der Waals surface area contributed by atoms with Crippen molar-refractivity contribution in [3.05, 3.63) is 65.7 Å². The zero-order valence-corrected chi connectivity index (χ0v) is 15.9. The number of aromatic nitrogens is 1. The van der Waals surface area contributed by atoms with Gasteiger partial charge in [-0.3, -0.25) is 19.6 Å². The summed E-state index contributed by atoms with van der Waals surface area (Å²) < 4.78 is 14.2. The van der Waals surface area contributed by atoms with Gasteiger partial charge in [0.1, 0.15) is 11.9 Å². The predicted molar refractivity (Wildman–Crippen MR) is 104 cm³/mol. The zero-order chi connectivity index (χ0) is 19.2. The summed E-state index contributed by atoms with van der Waals surface area (Å²) in [6.07, 6.45) is 5.42. The SMILES string of the molecule is CN(C)[C@H](C(=O)NC1CCN(Cc2ccncc2)CC1)c1ccccc1F. The second kappa shape index (κ2) is 9.06. The largest absolute Gasteiger partial charge is 0.352 e. The van der Waals surface area contributed by atoms with Crippen LogP contribution in [0.4, 0.5) is 4.39 Å². The van der Waals surface area contributed by atoms with Crippen molar-refractivity contribution in [3.8, 4) is 0 Å². The number of halogens is 1.